The molecule has 0 spiro atoms. The summed E-state index contributed by atoms with van der Waals surface area (Å²) in [6.45, 7) is 6.55. The SMILES string of the molecule is CCOC(=O)c1cnoc1C(OCC)OCC. The van der Waals surface area contributed by atoms with E-state index in [-0.39, 0.29) is 17.9 Å². The molecule has 6 heteroatoms. The molecule has 1 heterocycles. The molecule has 0 radical (unpaired) electrons. The van der Waals surface area contributed by atoms with Crippen LogP contribution in [0.4, 0.5) is 0 Å². The third-order valence-corrected chi connectivity index (χ3v) is 1.94. The Hall–Kier alpha value is -1.40. The van der Waals surface area contributed by atoms with Gasteiger partial charge in [0.2, 0.25) is 12.1 Å². The maximum absolute atomic E-state index is 11.6. The van der Waals surface area contributed by atoms with Gasteiger partial charge in [-0.05, 0) is 20.8 Å². The van der Waals surface area contributed by atoms with Gasteiger partial charge < -0.3 is 18.7 Å². The third kappa shape index (κ3) is 3.54. The van der Waals surface area contributed by atoms with Gasteiger partial charge in [0.15, 0.2) is 0 Å². The molecule has 0 aromatic carbocycles. The van der Waals surface area contributed by atoms with Crippen molar-refractivity contribution in [3.8, 4) is 0 Å². The smallest absolute Gasteiger partial charge is 0.343 e. The molecule has 0 aliphatic carbocycles. The molecular formula is C11H17NO5. The van der Waals surface area contributed by atoms with E-state index in [2.05, 4.69) is 5.16 Å². The van der Waals surface area contributed by atoms with E-state index in [0.717, 1.165) is 0 Å². The van der Waals surface area contributed by atoms with Gasteiger partial charge in [0.25, 0.3) is 0 Å². The number of aromatic nitrogens is 1. The Bertz CT molecular complexity index is 343. The highest BCUT2D eigenvalue weighted by molar-refractivity contribution is 5.90. The topological polar surface area (TPSA) is 70.8 Å². The minimum Gasteiger partial charge on any atom is -0.462 e. The van der Waals surface area contributed by atoms with Crippen molar-refractivity contribution in [2.75, 3.05) is 19.8 Å². The summed E-state index contributed by atoms with van der Waals surface area (Å²) in [5, 5.41) is 3.58. The largest absolute Gasteiger partial charge is 0.462 e. The predicted octanol–water partition coefficient (Wildman–Crippen LogP) is 1.92. The lowest BCUT2D eigenvalue weighted by atomic mass is 10.2. The quantitative estimate of drug-likeness (QED) is 0.538. The van der Waals surface area contributed by atoms with Gasteiger partial charge >= 0.3 is 5.97 Å². The van der Waals surface area contributed by atoms with E-state index < -0.39 is 12.3 Å². The van der Waals surface area contributed by atoms with Crippen molar-refractivity contribution in [1.29, 1.82) is 0 Å². The van der Waals surface area contributed by atoms with Gasteiger partial charge in [-0.25, -0.2) is 4.79 Å². The lowest BCUT2D eigenvalue weighted by Gasteiger charge is -2.14. The van der Waals surface area contributed by atoms with E-state index in [0.29, 0.717) is 13.2 Å². The molecule has 0 aliphatic rings. The fraction of sp³-hybridized carbons (Fsp3) is 0.636. The molecule has 0 amide bonds. The van der Waals surface area contributed by atoms with Crippen molar-refractivity contribution in [2.24, 2.45) is 0 Å². The van der Waals surface area contributed by atoms with Gasteiger partial charge in [-0.3, -0.25) is 0 Å². The van der Waals surface area contributed by atoms with Crippen LogP contribution in [0, 0.1) is 0 Å². The summed E-state index contributed by atoms with van der Waals surface area (Å²) in [5.41, 5.74) is 0.235. The second kappa shape index (κ2) is 7.03. The Morgan fingerprint density at radius 3 is 2.47 bits per heavy atom. The summed E-state index contributed by atoms with van der Waals surface area (Å²) in [6, 6.07) is 0. The van der Waals surface area contributed by atoms with Crippen LogP contribution < -0.4 is 0 Å². The zero-order valence-corrected chi connectivity index (χ0v) is 10.3. The van der Waals surface area contributed by atoms with Crippen LogP contribution in [0.15, 0.2) is 10.7 Å². The minimum absolute atomic E-state index is 0.235. The molecule has 0 saturated carbocycles. The Morgan fingerprint density at radius 1 is 1.29 bits per heavy atom. The molecule has 0 bridgehead atoms. The number of hydrogen-bond acceptors (Lipinski definition) is 6. The molecule has 0 unspecified atom stereocenters. The summed E-state index contributed by atoms with van der Waals surface area (Å²) < 4.78 is 20.5. The van der Waals surface area contributed by atoms with Crippen molar-refractivity contribution < 1.29 is 23.5 Å². The Morgan fingerprint density at radius 2 is 1.94 bits per heavy atom. The molecule has 96 valence electrons. The second-order valence-corrected chi connectivity index (χ2v) is 3.07. The van der Waals surface area contributed by atoms with Crippen molar-refractivity contribution in [3.63, 3.8) is 0 Å². The van der Waals surface area contributed by atoms with Crippen molar-refractivity contribution in [2.45, 2.75) is 27.1 Å². The number of esters is 1. The molecule has 0 aliphatic heterocycles. The molecule has 1 rings (SSSR count). The number of carbonyl (C=O) groups excluding carboxylic acids is 1. The number of hydrogen-bond donors (Lipinski definition) is 0. The van der Waals surface area contributed by atoms with Crippen LogP contribution >= 0.6 is 0 Å². The number of rotatable bonds is 7. The second-order valence-electron chi connectivity index (χ2n) is 3.07. The van der Waals surface area contributed by atoms with Crippen LogP contribution in [-0.4, -0.2) is 30.9 Å². The van der Waals surface area contributed by atoms with Crippen LogP contribution in [0.25, 0.3) is 0 Å². The van der Waals surface area contributed by atoms with Crippen LogP contribution in [0.3, 0.4) is 0 Å². The van der Waals surface area contributed by atoms with Gasteiger partial charge in [-0.15, -0.1) is 0 Å². The van der Waals surface area contributed by atoms with Gasteiger partial charge in [0.1, 0.15) is 5.56 Å². The summed E-state index contributed by atoms with van der Waals surface area (Å²) in [7, 11) is 0. The average Bonchev–Trinajstić information content (AvgIpc) is 2.78. The minimum atomic E-state index is -0.730. The molecule has 0 N–H and O–H groups in total. The zero-order chi connectivity index (χ0) is 12.7. The van der Waals surface area contributed by atoms with Gasteiger partial charge in [0.05, 0.1) is 12.8 Å². The first-order valence-electron chi connectivity index (χ1n) is 5.59. The maximum atomic E-state index is 11.6. The van der Waals surface area contributed by atoms with E-state index >= 15 is 0 Å². The molecular weight excluding hydrogens is 226 g/mol. The van der Waals surface area contributed by atoms with E-state index in [9.17, 15) is 4.79 Å². The highest BCUT2D eigenvalue weighted by Gasteiger charge is 2.26. The molecule has 0 saturated heterocycles. The summed E-state index contributed by atoms with van der Waals surface area (Å²) in [6.07, 6.45) is 0.574. The van der Waals surface area contributed by atoms with Crippen LogP contribution in [0.5, 0.6) is 0 Å². The lowest BCUT2D eigenvalue weighted by molar-refractivity contribution is -0.152. The third-order valence-electron chi connectivity index (χ3n) is 1.94. The summed E-state index contributed by atoms with van der Waals surface area (Å²) in [4.78, 5) is 11.6. The zero-order valence-electron chi connectivity index (χ0n) is 10.3. The molecule has 0 atom stereocenters. The van der Waals surface area contributed by atoms with Crippen molar-refractivity contribution in [3.05, 3.63) is 17.5 Å². The van der Waals surface area contributed by atoms with E-state index in [1.807, 2.05) is 13.8 Å². The van der Waals surface area contributed by atoms with Crippen molar-refractivity contribution >= 4 is 5.97 Å². The normalized spacial score (nSPS) is 10.8. The first kappa shape index (κ1) is 13.7. The number of ether oxygens (including phenoxy) is 3. The van der Waals surface area contributed by atoms with E-state index in [1.54, 1.807) is 6.92 Å². The van der Waals surface area contributed by atoms with E-state index in [4.69, 9.17) is 18.7 Å². The highest BCUT2D eigenvalue weighted by atomic mass is 16.7. The van der Waals surface area contributed by atoms with Gasteiger partial charge in [-0.2, -0.15) is 0 Å². The first-order valence-corrected chi connectivity index (χ1v) is 5.59. The highest BCUT2D eigenvalue weighted by Crippen LogP contribution is 2.23. The van der Waals surface area contributed by atoms with Crippen LogP contribution in [-0.2, 0) is 14.2 Å². The Balaban J connectivity index is 2.87. The van der Waals surface area contributed by atoms with Gasteiger partial charge in [-0.1, -0.05) is 5.16 Å². The fourth-order valence-electron chi connectivity index (χ4n) is 1.28. The molecule has 6 nitrogen and oxygen atoms in total. The predicted molar refractivity (Wildman–Crippen MR) is 58.5 cm³/mol. The van der Waals surface area contributed by atoms with E-state index in [1.165, 1.54) is 6.20 Å². The monoisotopic (exact) mass is 243 g/mol. The van der Waals surface area contributed by atoms with Crippen molar-refractivity contribution in [1.82, 2.24) is 5.16 Å². The van der Waals surface area contributed by atoms with Gasteiger partial charge in [0, 0.05) is 13.2 Å². The first-order chi connectivity index (χ1) is 8.24. The molecule has 17 heavy (non-hydrogen) atoms. The Kier molecular flexibility index (Phi) is 5.65. The maximum Gasteiger partial charge on any atom is 0.343 e. The number of nitrogens with zero attached hydrogens (tertiary/aromatic N) is 1. The standard InChI is InChI=1S/C11H17NO5/c1-4-14-10(13)8-7-12-17-9(8)11(15-5-2)16-6-3/h7,11H,4-6H2,1-3H3. The van der Waals surface area contributed by atoms with Crippen LogP contribution in [0.1, 0.15) is 43.2 Å². The molecule has 1 aromatic rings. The summed E-state index contributed by atoms with van der Waals surface area (Å²) in [5.74, 6) is -0.250. The molecule has 1 aromatic heterocycles. The average molecular weight is 243 g/mol. The summed E-state index contributed by atoms with van der Waals surface area (Å²) >= 11 is 0. The number of carbonyl (C=O) groups is 1. The molecule has 0 fully saturated rings. The van der Waals surface area contributed by atoms with Crippen LogP contribution in [0.2, 0.25) is 0 Å². The fourth-order valence-corrected chi connectivity index (χ4v) is 1.28. The lowest BCUT2D eigenvalue weighted by Crippen LogP contribution is -2.13. The Labute approximate surface area is 99.8 Å².